The lowest BCUT2D eigenvalue weighted by atomic mass is 9.77. The number of hydrogen-bond acceptors (Lipinski definition) is 4. The molecule has 6 nitrogen and oxygen atoms in total. The number of nitrogens with one attached hydrogen (secondary N) is 1. The van der Waals surface area contributed by atoms with Gasteiger partial charge >= 0.3 is 0 Å². The quantitative estimate of drug-likeness (QED) is 0.884. The summed E-state index contributed by atoms with van der Waals surface area (Å²) in [5.41, 5.74) is 2.82. The molecule has 1 aliphatic heterocycles. The van der Waals surface area contributed by atoms with E-state index in [4.69, 9.17) is 4.74 Å². The van der Waals surface area contributed by atoms with Crippen molar-refractivity contribution in [2.24, 2.45) is 11.8 Å². The highest BCUT2D eigenvalue weighted by Gasteiger charge is 2.39. The Morgan fingerprint density at radius 2 is 1.89 bits per heavy atom. The molecule has 2 aromatic rings. The molecule has 1 aromatic heterocycles. The van der Waals surface area contributed by atoms with Crippen molar-refractivity contribution < 1.29 is 14.3 Å². The Labute approximate surface area is 164 Å². The van der Waals surface area contributed by atoms with Crippen LogP contribution in [0.3, 0.4) is 0 Å². The largest absolute Gasteiger partial charge is 0.481 e. The first-order chi connectivity index (χ1) is 13.7. The summed E-state index contributed by atoms with van der Waals surface area (Å²) in [6.07, 6.45) is 5.91. The molecule has 28 heavy (non-hydrogen) atoms. The first-order valence-electron chi connectivity index (χ1n) is 9.87. The second-order valence-electron chi connectivity index (χ2n) is 7.44. The van der Waals surface area contributed by atoms with E-state index in [-0.39, 0.29) is 23.7 Å². The Bertz CT molecular complexity index is 866. The summed E-state index contributed by atoms with van der Waals surface area (Å²) in [5.74, 6) is -0.103. The van der Waals surface area contributed by atoms with E-state index >= 15 is 0 Å². The van der Waals surface area contributed by atoms with Crippen molar-refractivity contribution in [3.63, 3.8) is 0 Å². The molecule has 1 saturated carbocycles. The third-order valence-electron chi connectivity index (χ3n) is 5.79. The lowest BCUT2D eigenvalue weighted by Crippen LogP contribution is -2.43. The predicted octanol–water partition coefficient (Wildman–Crippen LogP) is 3.42. The summed E-state index contributed by atoms with van der Waals surface area (Å²) in [6.45, 7) is 0.700. The lowest BCUT2D eigenvalue weighted by molar-refractivity contribution is -0.132. The lowest BCUT2D eigenvalue weighted by Gasteiger charge is -2.32. The molecule has 2 amide bonds. The highest BCUT2D eigenvalue weighted by molar-refractivity contribution is 6.02. The van der Waals surface area contributed by atoms with Gasteiger partial charge in [0.25, 0.3) is 0 Å². The molecule has 146 valence electrons. The van der Waals surface area contributed by atoms with Crippen LogP contribution in [-0.2, 0) is 16.0 Å². The van der Waals surface area contributed by atoms with Crippen molar-refractivity contribution in [2.45, 2.75) is 32.1 Å². The number of pyridine rings is 1. The van der Waals surface area contributed by atoms with Crippen LogP contribution in [-0.4, -0.2) is 30.5 Å². The van der Waals surface area contributed by atoms with Crippen LogP contribution in [0, 0.1) is 11.8 Å². The standard InChI is InChI=1S/C22H25N3O3/c1-28-20-11-10-16(14-23-20)24-21(26)17-7-3-4-8-18(17)22(27)25-13-12-15-6-2-5-9-19(15)25/h2,5-6,9-11,14,17-18H,3-4,7-8,12-13H2,1H3,(H,24,26)/t17-,18+/m0/s1. The number of aromatic nitrogens is 1. The number of methoxy groups -OCH3 is 1. The van der Waals surface area contributed by atoms with E-state index in [1.807, 2.05) is 23.1 Å². The van der Waals surface area contributed by atoms with Gasteiger partial charge in [-0.1, -0.05) is 31.0 Å². The van der Waals surface area contributed by atoms with E-state index in [1.54, 1.807) is 25.4 Å². The van der Waals surface area contributed by atoms with Gasteiger partial charge in [0.15, 0.2) is 0 Å². The highest BCUT2D eigenvalue weighted by Crippen LogP contribution is 2.36. The first-order valence-corrected chi connectivity index (χ1v) is 9.87. The van der Waals surface area contributed by atoms with E-state index in [0.29, 0.717) is 18.1 Å². The molecule has 0 bridgehead atoms. The molecule has 1 aliphatic carbocycles. The molecule has 2 heterocycles. The first kappa shape index (κ1) is 18.5. The van der Waals surface area contributed by atoms with Crippen LogP contribution in [0.5, 0.6) is 5.88 Å². The maximum atomic E-state index is 13.3. The number of rotatable bonds is 4. The number of carbonyl (C=O) groups excluding carboxylic acids is 2. The summed E-state index contributed by atoms with van der Waals surface area (Å²) < 4.78 is 5.05. The average Bonchev–Trinajstić information content (AvgIpc) is 3.18. The van der Waals surface area contributed by atoms with Crippen LogP contribution >= 0.6 is 0 Å². The van der Waals surface area contributed by atoms with Gasteiger partial charge in [0.1, 0.15) is 0 Å². The fourth-order valence-corrected chi connectivity index (χ4v) is 4.32. The molecule has 2 atom stereocenters. The minimum atomic E-state index is -0.309. The summed E-state index contributed by atoms with van der Waals surface area (Å²) in [4.78, 5) is 32.3. The van der Waals surface area contributed by atoms with Gasteiger partial charge in [0.2, 0.25) is 17.7 Å². The second-order valence-corrected chi connectivity index (χ2v) is 7.44. The number of ether oxygens (including phenoxy) is 1. The molecule has 2 aliphatic rings. The molecular formula is C22H25N3O3. The van der Waals surface area contributed by atoms with Crippen molar-refractivity contribution in [1.82, 2.24) is 4.98 Å². The Balaban J connectivity index is 1.49. The van der Waals surface area contributed by atoms with Crippen LogP contribution in [0.25, 0.3) is 0 Å². The zero-order valence-corrected chi connectivity index (χ0v) is 16.1. The zero-order valence-electron chi connectivity index (χ0n) is 16.1. The van der Waals surface area contributed by atoms with Crippen molar-refractivity contribution in [3.05, 3.63) is 48.2 Å². The number of hydrogen-bond donors (Lipinski definition) is 1. The van der Waals surface area contributed by atoms with E-state index in [0.717, 1.165) is 37.8 Å². The molecule has 0 saturated heterocycles. The number of para-hydroxylation sites is 1. The van der Waals surface area contributed by atoms with Gasteiger partial charge in [0, 0.05) is 24.2 Å². The normalized spacial score (nSPS) is 21.1. The fourth-order valence-electron chi connectivity index (χ4n) is 4.32. The summed E-state index contributed by atoms with van der Waals surface area (Å²) in [5, 5.41) is 2.93. The van der Waals surface area contributed by atoms with Crippen LogP contribution < -0.4 is 15.0 Å². The SMILES string of the molecule is COc1ccc(NC(=O)[C@H]2CCCC[C@H]2C(=O)N2CCc3ccccc32)cn1. The monoisotopic (exact) mass is 379 g/mol. The van der Waals surface area contributed by atoms with Crippen LogP contribution in [0.1, 0.15) is 31.2 Å². The third-order valence-corrected chi connectivity index (χ3v) is 5.79. The molecule has 0 radical (unpaired) electrons. The number of carbonyl (C=O) groups is 2. The van der Waals surface area contributed by atoms with E-state index in [1.165, 1.54) is 5.56 Å². The number of anilines is 2. The molecule has 4 rings (SSSR count). The predicted molar refractivity (Wildman–Crippen MR) is 107 cm³/mol. The van der Waals surface area contributed by atoms with Gasteiger partial charge in [-0.05, 0) is 37.0 Å². The molecule has 6 heteroatoms. The zero-order chi connectivity index (χ0) is 19.5. The Hall–Kier alpha value is -2.89. The van der Waals surface area contributed by atoms with Gasteiger partial charge in [-0.25, -0.2) is 4.98 Å². The van der Waals surface area contributed by atoms with Crippen molar-refractivity contribution in [1.29, 1.82) is 0 Å². The number of amides is 2. The van der Waals surface area contributed by atoms with Gasteiger partial charge < -0.3 is 15.0 Å². The van der Waals surface area contributed by atoms with E-state index in [9.17, 15) is 9.59 Å². The van der Waals surface area contributed by atoms with E-state index in [2.05, 4.69) is 16.4 Å². The molecule has 1 N–H and O–H groups in total. The third kappa shape index (κ3) is 3.59. The number of nitrogens with zero attached hydrogens (tertiary/aromatic N) is 2. The smallest absolute Gasteiger partial charge is 0.230 e. The topological polar surface area (TPSA) is 71.5 Å². The van der Waals surface area contributed by atoms with Gasteiger partial charge in [0.05, 0.1) is 24.9 Å². The fraction of sp³-hybridized carbons (Fsp3) is 0.409. The summed E-state index contributed by atoms with van der Waals surface area (Å²) in [7, 11) is 1.55. The van der Waals surface area contributed by atoms with E-state index < -0.39 is 0 Å². The minimum absolute atomic E-state index is 0.0812. The van der Waals surface area contributed by atoms with Gasteiger partial charge in [-0.3, -0.25) is 9.59 Å². The molecule has 0 spiro atoms. The summed E-state index contributed by atoms with van der Waals surface area (Å²) in [6, 6.07) is 11.5. The minimum Gasteiger partial charge on any atom is -0.481 e. The maximum absolute atomic E-state index is 13.3. The molecular weight excluding hydrogens is 354 g/mol. The van der Waals surface area contributed by atoms with Gasteiger partial charge in [-0.15, -0.1) is 0 Å². The van der Waals surface area contributed by atoms with Crippen molar-refractivity contribution in [3.8, 4) is 5.88 Å². The Kier molecular flexibility index (Phi) is 5.28. The van der Waals surface area contributed by atoms with Crippen LogP contribution in [0.15, 0.2) is 42.6 Å². The molecule has 1 fully saturated rings. The summed E-state index contributed by atoms with van der Waals surface area (Å²) >= 11 is 0. The van der Waals surface area contributed by atoms with Crippen LogP contribution in [0.4, 0.5) is 11.4 Å². The maximum Gasteiger partial charge on any atom is 0.230 e. The second kappa shape index (κ2) is 8.00. The van der Waals surface area contributed by atoms with Gasteiger partial charge in [-0.2, -0.15) is 0 Å². The number of fused-ring (bicyclic) bond motifs is 1. The highest BCUT2D eigenvalue weighted by atomic mass is 16.5. The molecule has 1 aromatic carbocycles. The van der Waals surface area contributed by atoms with Crippen molar-refractivity contribution >= 4 is 23.2 Å². The number of benzene rings is 1. The van der Waals surface area contributed by atoms with Crippen LogP contribution in [0.2, 0.25) is 0 Å². The molecule has 0 unspecified atom stereocenters. The van der Waals surface area contributed by atoms with Crippen molar-refractivity contribution in [2.75, 3.05) is 23.9 Å². The average molecular weight is 379 g/mol. The Morgan fingerprint density at radius 1 is 1.11 bits per heavy atom. The Morgan fingerprint density at radius 3 is 2.64 bits per heavy atom.